The van der Waals surface area contributed by atoms with Gasteiger partial charge in [-0.1, -0.05) is 6.07 Å². The van der Waals surface area contributed by atoms with E-state index in [1.54, 1.807) is 0 Å². The first-order valence-corrected chi connectivity index (χ1v) is 11.2. The first kappa shape index (κ1) is 21.1. The lowest BCUT2D eigenvalue weighted by atomic mass is 10.1. The summed E-state index contributed by atoms with van der Waals surface area (Å²) in [7, 11) is 0. The maximum atomic E-state index is 10.0. The number of nitrogens with one attached hydrogen (secondary N) is 1. The molecule has 7 nitrogen and oxygen atoms in total. The number of nitrogens with zero attached hydrogens (tertiary/aromatic N) is 5. The van der Waals surface area contributed by atoms with E-state index in [9.17, 15) is 5.11 Å². The van der Waals surface area contributed by atoms with Crippen LogP contribution in [0.2, 0.25) is 0 Å². The van der Waals surface area contributed by atoms with Gasteiger partial charge in [-0.15, -0.1) is 23.7 Å². The molecule has 4 heterocycles. The first-order valence-electron chi connectivity index (χ1n) is 10.4. The Morgan fingerprint density at radius 1 is 1.17 bits per heavy atom. The van der Waals surface area contributed by atoms with E-state index in [1.165, 1.54) is 29.9 Å². The quantitative estimate of drug-likeness (QED) is 0.621. The van der Waals surface area contributed by atoms with Crippen molar-refractivity contribution in [3.63, 3.8) is 0 Å². The van der Waals surface area contributed by atoms with Gasteiger partial charge in [0.05, 0.1) is 11.6 Å². The molecule has 2 saturated heterocycles. The van der Waals surface area contributed by atoms with E-state index in [4.69, 9.17) is 9.97 Å². The van der Waals surface area contributed by atoms with Gasteiger partial charge in [-0.3, -0.25) is 0 Å². The van der Waals surface area contributed by atoms with Crippen molar-refractivity contribution in [1.82, 2.24) is 15.0 Å². The Bertz CT molecular complexity index is 1010. The number of aliphatic hydroxyl groups is 1. The number of hydrogen-bond acceptors (Lipinski definition) is 8. The minimum atomic E-state index is -0.319. The molecule has 2 N–H and O–H groups in total. The largest absolute Gasteiger partial charge is 0.391 e. The predicted molar refractivity (Wildman–Crippen MR) is 126 cm³/mol. The van der Waals surface area contributed by atoms with Crippen LogP contribution in [0, 0.1) is 0 Å². The van der Waals surface area contributed by atoms with Gasteiger partial charge in [-0.2, -0.15) is 9.97 Å². The number of aliphatic hydroxyl groups excluding tert-OH is 1. The average Bonchev–Trinajstić information content (AvgIpc) is 3.37. The first-order chi connectivity index (χ1) is 14.2. The zero-order valence-electron chi connectivity index (χ0n) is 17.0. The molecule has 2 aliphatic rings. The molecule has 2 atom stereocenters. The van der Waals surface area contributed by atoms with Gasteiger partial charge in [0.1, 0.15) is 5.52 Å². The fourth-order valence-corrected chi connectivity index (χ4v) is 4.98. The maximum absolute atomic E-state index is 10.0. The second kappa shape index (κ2) is 8.91. The van der Waals surface area contributed by atoms with Crippen LogP contribution in [0.15, 0.2) is 29.8 Å². The van der Waals surface area contributed by atoms with Crippen molar-refractivity contribution in [1.29, 1.82) is 0 Å². The SMILES string of the molecule is C[C@H]1CCCN1c1cccc(Nc2nc(N3CCCC(O)C3)nc3scnc23)c1.Cl. The van der Waals surface area contributed by atoms with Crippen molar-refractivity contribution in [2.75, 3.05) is 34.8 Å². The number of anilines is 4. The van der Waals surface area contributed by atoms with E-state index < -0.39 is 0 Å². The van der Waals surface area contributed by atoms with Crippen molar-refractivity contribution in [2.45, 2.75) is 44.8 Å². The normalized spacial score (nSPS) is 21.7. The molecule has 2 aromatic heterocycles. The molecule has 2 fully saturated rings. The van der Waals surface area contributed by atoms with Gasteiger partial charge in [0.2, 0.25) is 5.95 Å². The summed E-state index contributed by atoms with van der Waals surface area (Å²) in [6, 6.07) is 9.09. The molecule has 0 bridgehead atoms. The lowest BCUT2D eigenvalue weighted by Gasteiger charge is -2.30. The number of benzene rings is 1. The highest BCUT2D eigenvalue weighted by molar-refractivity contribution is 7.16. The zero-order valence-corrected chi connectivity index (χ0v) is 18.6. The zero-order chi connectivity index (χ0) is 19.8. The number of halogens is 1. The number of fused-ring (bicyclic) bond motifs is 1. The van der Waals surface area contributed by atoms with Crippen molar-refractivity contribution in [3.8, 4) is 0 Å². The molecule has 5 rings (SSSR count). The minimum absolute atomic E-state index is 0. The van der Waals surface area contributed by atoms with Crippen LogP contribution < -0.4 is 15.1 Å². The molecule has 30 heavy (non-hydrogen) atoms. The second-order valence-corrected chi connectivity index (χ2v) is 8.81. The number of rotatable bonds is 4. The van der Waals surface area contributed by atoms with Gasteiger partial charge in [0, 0.05) is 37.1 Å². The maximum Gasteiger partial charge on any atom is 0.228 e. The Morgan fingerprint density at radius 2 is 2.03 bits per heavy atom. The smallest absolute Gasteiger partial charge is 0.228 e. The Morgan fingerprint density at radius 3 is 2.83 bits per heavy atom. The van der Waals surface area contributed by atoms with Gasteiger partial charge < -0.3 is 20.2 Å². The fourth-order valence-electron chi connectivity index (χ4n) is 4.33. The molecule has 3 aromatic rings. The number of β-amino-alcohol motifs (C(OH)–C–C–N with tert-alkyl or cyclic N) is 1. The second-order valence-electron chi connectivity index (χ2n) is 7.98. The molecule has 160 valence electrons. The Labute approximate surface area is 186 Å². The summed E-state index contributed by atoms with van der Waals surface area (Å²) in [6.45, 7) is 4.83. The van der Waals surface area contributed by atoms with Crippen molar-refractivity contribution < 1.29 is 5.11 Å². The molecule has 0 amide bonds. The average molecular weight is 447 g/mol. The number of piperidine rings is 1. The standard InChI is InChI=1S/C21H26N6OS.ClH/c1-14-5-3-10-27(14)16-7-2-6-15(11-16)23-19-18-20(29-13-22-18)25-21(24-19)26-9-4-8-17(28)12-26;/h2,6-7,11,13-14,17,28H,3-5,8-10,12H2,1H3,(H,23,24,25);1H/t14-,17?;/m0./s1. The van der Waals surface area contributed by atoms with Gasteiger partial charge in [-0.25, -0.2) is 4.98 Å². The summed E-state index contributed by atoms with van der Waals surface area (Å²) >= 11 is 1.52. The van der Waals surface area contributed by atoms with Gasteiger partial charge in [0.25, 0.3) is 0 Å². The lowest BCUT2D eigenvalue weighted by Crippen LogP contribution is -2.39. The van der Waals surface area contributed by atoms with Crippen LogP contribution in [-0.2, 0) is 0 Å². The minimum Gasteiger partial charge on any atom is -0.391 e. The summed E-state index contributed by atoms with van der Waals surface area (Å²) in [5.74, 6) is 1.38. The predicted octanol–water partition coefficient (Wildman–Crippen LogP) is 4.20. The highest BCUT2D eigenvalue weighted by Gasteiger charge is 2.23. The third-order valence-electron chi connectivity index (χ3n) is 5.86. The van der Waals surface area contributed by atoms with E-state index in [-0.39, 0.29) is 18.5 Å². The van der Waals surface area contributed by atoms with Gasteiger partial charge in [-0.05, 0) is 50.8 Å². The summed E-state index contributed by atoms with van der Waals surface area (Å²) in [6.07, 6.45) is 3.96. The third-order valence-corrected chi connectivity index (χ3v) is 6.58. The molecule has 9 heteroatoms. The third kappa shape index (κ3) is 4.17. The fraction of sp³-hybridized carbons (Fsp3) is 0.476. The molecule has 0 saturated carbocycles. The topological polar surface area (TPSA) is 77.4 Å². The van der Waals surface area contributed by atoms with Crippen molar-refractivity contribution in [2.24, 2.45) is 0 Å². The summed E-state index contributed by atoms with van der Waals surface area (Å²) < 4.78 is 0. The molecular weight excluding hydrogens is 420 g/mol. The van der Waals surface area contributed by atoms with Gasteiger partial charge in [0.15, 0.2) is 10.6 Å². The monoisotopic (exact) mass is 446 g/mol. The molecule has 0 aliphatic carbocycles. The molecule has 2 aliphatic heterocycles. The van der Waals surface area contributed by atoms with Crippen LogP contribution in [0.25, 0.3) is 10.3 Å². The van der Waals surface area contributed by atoms with E-state index in [0.29, 0.717) is 18.5 Å². The van der Waals surface area contributed by atoms with Crippen LogP contribution >= 0.6 is 23.7 Å². The van der Waals surface area contributed by atoms with Crippen LogP contribution in [-0.4, -0.2) is 51.8 Å². The van der Waals surface area contributed by atoms with E-state index in [0.717, 1.165) is 47.8 Å². The van der Waals surface area contributed by atoms with Crippen LogP contribution in [0.4, 0.5) is 23.1 Å². The molecular formula is C21H27ClN6OS. The molecule has 1 aromatic carbocycles. The Balaban J connectivity index is 0.00000218. The van der Waals surface area contributed by atoms with Crippen molar-refractivity contribution >= 4 is 57.2 Å². The summed E-state index contributed by atoms with van der Waals surface area (Å²) in [5.41, 5.74) is 4.83. The van der Waals surface area contributed by atoms with Gasteiger partial charge >= 0.3 is 0 Å². The van der Waals surface area contributed by atoms with Crippen LogP contribution in [0.1, 0.15) is 32.6 Å². The number of thiazole rings is 1. The summed E-state index contributed by atoms with van der Waals surface area (Å²) in [5, 5.41) is 13.5. The molecule has 0 radical (unpaired) electrons. The van der Waals surface area contributed by atoms with Crippen molar-refractivity contribution in [3.05, 3.63) is 29.8 Å². The molecule has 0 spiro atoms. The Hall–Kier alpha value is -2.16. The number of aromatic nitrogens is 3. The van der Waals surface area contributed by atoms with Crippen LogP contribution in [0.5, 0.6) is 0 Å². The highest BCUT2D eigenvalue weighted by Crippen LogP contribution is 2.31. The lowest BCUT2D eigenvalue weighted by molar-refractivity contribution is 0.153. The van der Waals surface area contributed by atoms with Crippen LogP contribution in [0.3, 0.4) is 0 Å². The highest BCUT2D eigenvalue weighted by atomic mass is 35.5. The Kier molecular flexibility index (Phi) is 6.26. The number of hydrogen-bond donors (Lipinski definition) is 2. The summed E-state index contributed by atoms with van der Waals surface area (Å²) in [4.78, 5) is 19.4. The van der Waals surface area contributed by atoms with E-state index in [2.05, 4.69) is 51.3 Å². The molecule has 1 unspecified atom stereocenters. The van der Waals surface area contributed by atoms with E-state index in [1.807, 2.05) is 5.51 Å². The van der Waals surface area contributed by atoms with E-state index >= 15 is 0 Å².